The molecule has 2 amide bonds. The van der Waals surface area contributed by atoms with Crippen LogP contribution in [0, 0.1) is 0 Å². The molecule has 0 saturated carbocycles. The number of carbonyl (C=O) groups is 1. The van der Waals surface area contributed by atoms with E-state index < -0.39 is 0 Å². The van der Waals surface area contributed by atoms with Crippen molar-refractivity contribution in [2.24, 2.45) is 0 Å². The standard InChI is InChI=1S/C12H18N2O3/c1-17-11-5-3-2-4-10(11)6-7-13-12(16)14-8-9-15/h2-5,15H,6-9H2,1H3,(H2,13,14,16). The second kappa shape index (κ2) is 7.51. The smallest absolute Gasteiger partial charge is 0.314 e. The Kier molecular flexibility index (Phi) is 5.88. The number of aliphatic hydroxyl groups is 1. The highest BCUT2D eigenvalue weighted by Crippen LogP contribution is 2.16. The molecule has 5 heteroatoms. The number of amides is 2. The van der Waals surface area contributed by atoms with E-state index in [9.17, 15) is 4.79 Å². The van der Waals surface area contributed by atoms with Gasteiger partial charge in [-0.2, -0.15) is 0 Å². The number of hydrogen-bond acceptors (Lipinski definition) is 3. The number of benzene rings is 1. The predicted molar refractivity (Wildman–Crippen MR) is 65.2 cm³/mol. The van der Waals surface area contributed by atoms with E-state index in [1.54, 1.807) is 7.11 Å². The van der Waals surface area contributed by atoms with Crippen molar-refractivity contribution in [1.29, 1.82) is 0 Å². The van der Waals surface area contributed by atoms with Crippen LogP contribution in [0.3, 0.4) is 0 Å². The number of rotatable bonds is 6. The first-order valence-corrected chi connectivity index (χ1v) is 5.52. The third kappa shape index (κ3) is 4.74. The van der Waals surface area contributed by atoms with E-state index in [0.29, 0.717) is 13.0 Å². The zero-order chi connectivity index (χ0) is 12.5. The fraction of sp³-hybridized carbons (Fsp3) is 0.417. The maximum atomic E-state index is 11.2. The van der Waals surface area contributed by atoms with E-state index in [1.165, 1.54) is 0 Å². The number of para-hydroxylation sites is 1. The highest BCUT2D eigenvalue weighted by atomic mass is 16.5. The minimum atomic E-state index is -0.269. The van der Waals surface area contributed by atoms with Gasteiger partial charge in [0.2, 0.25) is 0 Å². The van der Waals surface area contributed by atoms with Crippen LogP contribution in [0.1, 0.15) is 5.56 Å². The molecular formula is C12H18N2O3. The Morgan fingerprint density at radius 1 is 1.29 bits per heavy atom. The van der Waals surface area contributed by atoms with Crippen LogP contribution in [0.25, 0.3) is 0 Å². The van der Waals surface area contributed by atoms with E-state index in [4.69, 9.17) is 9.84 Å². The average molecular weight is 238 g/mol. The maximum Gasteiger partial charge on any atom is 0.314 e. The highest BCUT2D eigenvalue weighted by Gasteiger charge is 2.02. The van der Waals surface area contributed by atoms with Crippen molar-refractivity contribution in [3.8, 4) is 5.75 Å². The minimum absolute atomic E-state index is 0.0556. The Labute approximate surface area is 101 Å². The Bertz CT molecular complexity index is 355. The Morgan fingerprint density at radius 2 is 2.00 bits per heavy atom. The average Bonchev–Trinajstić information content (AvgIpc) is 2.37. The first-order chi connectivity index (χ1) is 8.27. The molecule has 0 fully saturated rings. The van der Waals surface area contributed by atoms with Gasteiger partial charge in [-0.25, -0.2) is 4.79 Å². The largest absolute Gasteiger partial charge is 0.496 e. The van der Waals surface area contributed by atoms with Crippen LogP contribution in [-0.4, -0.2) is 37.9 Å². The minimum Gasteiger partial charge on any atom is -0.496 e. The number of ether oxygens (including phenoxy) is 1. The van der Waals surface area contributed by atoms with E-state index >= 15 is 0 Å². The number of aliphatic hydroxyl groups excluding tert-OH is 1. The van der Waals surface area contributed by atoms with Crippen molar-refractivity contribution in [1.82, 2.24) is 10.6 Å². The first kappa shape index (κ1) is 13.3. The summed E-state index contributed by atoms with van der Waals surface area (Å²) < 4.78 is 5.21. The van der Waals surface area contributed by atoms with Crippen LogP contribution in [0.5, 0.6) is 5.75 Å². The van der Waals surface area contributed by atoms with Crippen molar-refractivity contribution < 1.29 is 14.6 Å². The van der Waals surface area contributed by atoms with Gasteiger partial charge in [0.05, 0.1) is 13.7 Å². The van der Waals surface area contributed by atoms with Crippen LogP contribution in [0.2, 0.25) is 0 Å². The van der Waals surface area contributed by atoms with Crippen LogP contribution >= 0.6 is 0 Å². The van der Waals surface area contributed by atoms with E-state index in [-0.39, 0.29) is 19.2 Å². The molecule has 5 nitrogen and oxygen atoms in total. The summed E-state index contributed by atoms with van der Waals surface area (Å²) in [6.07, 6.45) is 0.705. The van der Waals surface area contributed by atoms with Gasteiger partial charge in [-0.1, -0.05) is 18.2 Å². The highest BCUT2D eigenvalue weighted by molar-refractivity contribution is 5.73. The Morgan fingerprint density at radius 3 is 2.71 bits per heavy atom. The SMILES string of the molecule is COc1ccccc1CCNC(=O)NCCO. The number of hydrogen-bond donors (Lipinski definition) is 3. The number of carbonyl (C=O) groups excluding carboxylic acids is 1. The fourth-order valence-corrected chi connectivity index (χ4v) is 1.45. The van der Waals surface area contributed by atoms with E-state index in [1.807, 2.05) is 24.3 Å². The molecule has 17 heavy (non-hydrogen) atoms. The molecule has 0 spiro atoms. The Balaban J connectivity index is 2.33. The third-order valence-electron chi connectivity index (χ3n) is 2.27. The zero-order valence-corrected chi connectivity index (χ0v) is 9.90. The Hall–Kier alpha value is -1.75. The summed E-state index contributed by atoms with van der Waals surface area (Å²) in [4.78, 5) is 11.2. The van der Waals surface area contributed by atoms with Gasteiger partial charge >= 0.3 is 6.03 Å². The second-order valence-corrected chi connectivity index (χ2v) is 3.47. The lowest BCUT2D eigenvalue weighted by Gasteiger charge is -2.09. The summed E-state index contributed by atoms with van der Waals surface area (Å²) in [7, 11) is 1.63. The van der Waals surface area contributed by atoms with Crippen LogP contribution < -0.4 is 15.4 Å². The molecule has 0 aliphatic heterocycles. The molecule has 0 aromatic heterocycles. The lowest BCUT2D eigenvalue weighted by molar-refractivity contribution is 0.234. The molecule has 0 aliphatic carbocycles. The summed E-state index contributed by atoms with van der Waals surface area (Å²) in [6.45, 7) is 0.734. The summed E-state index contributed by atoms with van der Waals surface area (Å²) in [6, 6.07) is 7.43. The summed E-state index contributed by atoms with van der Waals surface area (Å²) >= 11 is 0. The van der Waals surface area contributed by atoms with Crippen LogP contribution in [0.15, 0.2) is 24.3 Å². The maximum absolute atomic E-state index is 11.2. The van der Waals surface area contributed by atoms with E-state index in [0.717, 1.165) is 11.3 Å². The van der Waals surface area contributed by atoms with Crippen molar-refractivity contribution in [3.63, 3.8) is 0 Å². The van der Waals surface area contributed by atoms with Crippen molar-refractivity contribution >= 4 is 6.03 Å². The van der Waals surface area contributed by atoms with Crippen molar-refractivity contribution in [3.05, 3.63) is 29.8 Å². The van der Waals surface area contributed by atoms with Gasteiger partial charge < -0.3 is 20.5 Å². The normalized spacial score (nSPS) is 9.76. The van der Waals surface area contributed by atoms with Crippen molar-refractivity contribution in [2.75, 3.05) is 26.8 Å². The van der Waals surface area contributed by atoms with E-state index in [2.05, 4.69) is 10.6 Å². The van der Waals surface area contributed by atoms with Gasteiger partial charge in [-0.3, -0.25) is 0 Å². The van der Waals surface area contributed by atoms with Crippen molar-refractivity contribution in [2.45, 2.75) is 6.42 Å². The van der Waals surface area contributed by atoms with Gasteiger partial charge in [-0.05, 0) is 18.1 Å². The summed E-state index contributed by atoms with van der Waals surface area (Å²) in [5.41, 5.74) is 1.05. The fourth-order valence-electron chi connectivity index (χ4n) is 1.45. The molecule has 94 valence electrons. The molecule has 0 unspecified atom stereocenters. The molecule has 0 atom stereocenters. The molecule has 1 rings (SSSR count). The van der Waals surface area contributed by atoms with Crippen LogP contribution in [0.4, 0.5) is 4.79 Å². The monoisotopic (exact) mass is 238 g/mol. The van der Waals surface area contributed by atoms with Gasteiger partial charge in [-0.15, -0.1) is 0 Å². The van der Waals surface area contributed by atoms with Gasteiger partial charge in [0.15, 0.2) is 0 Å². The molecule has 1 aromatic rings. The number of nitrogens with one attached hydrogen (secondary N) is 2. The third-order valence-corrected chi connectivity index (χ3v) is 2.27. The second-order valence-electron chi connectivity index (χ2n) is 3.47. The predicted octanol–water partition coefficient (Wildman–Crippen LogP) is 0.529. The lowest BCUT2D eigenvalue weighted by Crippen LogP contribution is -2.37. The molecule has 1 aromatic carbocycles. The summed E-state index contributed by atoms with van der Waals surface area (Å²) in [5.74, 6) is 0.824. The molecule has 0 aliphatic rings. The van der Waals surface area contributed by atoms with Gasteiger partial charge in [0, 0.05) is 13.1 Å². The lowest BCUT2D eigenvalue weighted by atomic mass is 10.1. The molecule has 3 N–H and O–H groups in total. The number of methoxy groups -OCH3 is 1. The number of urea groups is 1. The molecular weight excluding hydrogens is 220 g/mol. The zero-order valence-electron chi connectivity index (χ0n) is 9.90. The van der Waals surface area contributed by atoms with Gasteiger partial charge in [0.1, 0.15) is 5.75 Å². The van der Waals surface area contributed by atoms with Gasteiger partial charge in [0.25, 0.3) is 0 Å². The summed E-state index contributed by atoms with van der Waals surface area (Å²) in [5, 5.41) is 13.7. The quantitative estimate of drug-likeness (QED) is 0.677. The van der Waals surface area contributed by atoms with Crippen LogP contribution in [-0.2, 0) is 6.42 Å². The molecule has 0 heterocycles. The molecule has 0 bridgehead atoms. The molecule has 0 radical (unpaired) electrons. The first-order valence-electron chi connectivity index (χ1n) is 5.52. The topological polar surface area (TPSA) is 70.6 Å². The molecule has 0 saturated heterocycles.